The molecule has 0 spiro atoms. The Morgan fingerprint density at radius 1 is 1.62 bits per heavy atom. The normalized spacial score (nSPS) is 28.6. The predicted octanol–water partition coefficient (Wildman–Crippen LogP) is 0.955. The minimum Gasteiger partial charge on any atom is -0.380 e. The average Bonchev–Trinajstić information content (AvgIpc) is 2.30. The van der Waals surface area contributed by atoms with E-state index >= 15 is 0 Å². The molecule has 1 fully saturated rings. The van der Waals surface area contributed by atoms with E-state index in [2.05, 4.69) is 30.0 Å². The summed E-state index contributed by atoms with van der Waals surface area (Å²) in [5.74, 6) is 3.27. The monoisotopic (exact) mass is 224 g/mol. The maximum atomic E-state index is 5.52. The number of hydrogen-bond donors (Lipinski definition) is 1. The topological polar surface area (TPSA) is 24.5 Å². The van der Waals surface area contributed by atoms with Crippen LogP contribution in [-0.4, -0.2) is 50.3 Å². The van der Waals surface area contributed by atoms with Crippen molar-refractivity contribution in [1.82, 2.24) is 10.2 Å². The summed E-state index contributed by atoms with van der Waals surface area (Å²) in [5.41, 5.74) is 0. The van der Waals surface area contributed by atoms with Gasteiger partial charge in [0.05, 0.1) is 12.6 Å². The van der Waals surface area contributed by atoms with Crippen molar-refractivity contribution in [1.29, 1.82) is 0 Å². The van der Waals surface area contributed by atoms with Crippen LogP contribution in [0.15, 0.2) is 0 Å². The summed E-state index contributed by atoms with van der Waals surface area (Å²) in [7, 11) is 1.81. The molecule has 0 aliphatic carbocycles. The van der Waals surface area contributed by atoms with Gasteiger partial charge >= 0.3 is 0 Å². The zero-order chi connectivity index (χ0) is 12.0. The number of rotatable bonds is 5. The number of methoxy groups -OCH3 is 1. The quantitative estimate of drug-likeness (QED) is 0.556. The lowest BCUT2D eigenvalue weighted by Crippen LogP contribution is -2.50. The van der Waals surface area contributed by atoms with E-state index < -0.39 is 0 Å². The van der Waals surface area contributed by atoms with Crippen LogP contribution in [0, 0.1) is 18.3 Å². The summed E-state index contributed by atoms with van der Waals surface area (Å²) >= 11 is 0. The van der Waals surface area contributed by atoms with Crippen molar-refractivity contribution in [3.8, 4) is 12.3 Å². The molecule has 0 aromatic rings. The summed E-state index contributed by atoms with van der Waals surface area (Å²) in [5, 5.41) is 3.26. The Labute approximate surface area is 99.5 Å². The second-order valence-electron chi connectivity index (χ2n) is 4.72. The van der Waals surface area contributed by atoms with Gasteiger partial charge in [-0.15, -0.1) is 6.42 Å². The van der Waals surface area contributed by atoms with Crippen LogP contribution in [0.3, 0.4) is 0 Å². The minimum absolute atomic E-state index is 0.379. The number of piperidine rings is 1. The zero-order valence-corrected chi connectivity index (χ0v) is 10.7. The molecule has 0 bridgehead atoms. The first kappa shape index (κ1) is 13.5. The molecule has 92 valence electrons. The van der Waals surface area contributed by atoms with Crippen LogP contribution in [-0.2, 0) is 4.74 Å². The predicted molar refractivity (Wildman–Crippen MR) is 67.3 cm³/mol. The van der Waals surface area contributed by atoms with Gasteiger partial charge in [-0.25, -0.2) is 0 Å². The summed E-state index contributed by atoms with van der Waals surface area (Å²) in [6.45, 7) is 8.33. The first-order chi connectivity index (χ1) is 7.69. The molecule has 1 N–H and O–H groups in total. The van der Waals surface area contributed by atoms with Gasteiger partial charge in [-0.1, -0.05) is 12.8 Å². The number of nitrogens with one attached hydrogen (secondary N) is 1. The Bertz CT molecular complexity index is 237. The van der Waals surface area contributed by atoms with E-state index in [-0.39, 0.29) is 0 Å². The number of likely N-dealkylation sites (tertiary alicyclic amines) is 1. The molecule has 1 saturated heterocycles. The fraction of sp³-hybridized carbons (Fsp3) is 0.846. The van der Waals surface area contributed by atoms with Crippen LogP contribution in [0.2, 0.25) is 0 Å². The van der Waals surface area contributed by atoms with Gasteiger partial charge in [0, 0.05) is 26.2 Å². The van der Waals surface area contributed by atoms with Gasteiger partial charge in [0.1, 0.15) is 0 Å². The van der Waals surface area contributed by atoms with E-state index in [1.54, 1.807) is 0 Å². The minimum atomic E-state index is 0.379. The fourth-order valence-electron chi connectivity index (χ4n) is 2.25. The van der Waals surface area contributed by atoms with Crippen LogP contribution in [0.1, 0.15) is 20.3 Å². The number of ether oxygens (including phenoxy) is 1. The molecule has 0 saturated carbocycles. The van der Waals surface area contributed by atoms with Crippen molar-refractivity contribution in [2.75, 3.05) is 33.3 Å². The summed E-state index contributed by atoms with van der Waals surface area (Å²) < 4.78 is 5.52. The highest BCUT2D eigenvalue weighted by atomic mass is 16.5. The third-order valence-corrected chi connectivity index (χ3v) is 3.51. The van der Waals surface area contributed by atoms with E-state index in [1.165, 1.54) is 13.0 Å². The Morgan fingerprint density at radius 2 is 2.38 bits per heavy atom. The average molecular weight is 224 g/mol. The highest BCUT2D eigenvalue weighted by molar-refractivity contribution is 4.88. The molecule has 1 aliphatic heterocycles. The van der Waals surface area contributed by atoms with Crippen LogP contribution in [0.25, 0.3) is 0 Å². The molecule has 3 atom stereocenters. The van der Waals surface area contributed by atoms with E-state index in [0.717, 1.165) is 13.1 Å². The van der Waals surface area contributed by atoms with Gasteiger partial charge in [0.25, 0.3) is 0 Å². The van der Waals surface area contributed by atoms with Crippen molar-refractivity contribution in [3.05, 3.63) is 0 Å². The number of hydrogen-bond acceptors (Lipinski definition) is 3. The van der Waals surface area contributed by atoms with Gasteiger partial charge in [0.2, 0.25) is 0 Å². The lowest BCUT2D eigenvalue weighted by Gasteiger charge is -2.39. The molecule has 3 nitrogen and oxygen atoms in total. The molecule has 1 rings (SSSR count). The van der Waals surface area contributed by atoms with Gasteiger partial charge < -0.3 is 10.1 Å². The van der Waals surface area contributed by atoms with E-state index in [1.807, 2.05) is 7.11 Å². The molecule has 0 aromatic heterocycles. The van der Waals surface area contributed by atoms with Gasteiger partial charge in [0.15, 0.2) is 0 Å². The first-order valence-electron chi connectivity index (χ1n) is 6.10. The number of terminal acetylenes is 1. The third-order valence-electron chi connectivity index (χ3n) is 3.51. The third kappa shape index (κ3) is 3.79. The SMILES string of the molecule is C#CCNCC(C)N1CCC(C)C(OC)C1. The maximum absolute atomic E-state index is 5.52. The smallest absolute Gasteiger partial charge is 0.0724 e. The van der Waals surface area contributed by atoms with E-state index in [9.17, 15) is 0 Å². The van der Waals surface area contributed by atoms with Crippen LogP contribution >= 0.6 is 0 Å². The second kappa shape index (κ2) is 6.90. The van der Waals surface area contributed by atoms with Crippen molar-refractivity contribution in [3.63, 3.8) is 0 Å². The van der Waals surface area contributed by atoms with Crippen molar-refractivity contribution >= 4 is 0 Å². The van der Waals surface area contributed by atoms with Crippen LogP contribution in [0.5, 0.6) is 0 Å². The maximum Gasteiger partial charge on any atom is 0.0724 e. The molecule has 3 heteroatoms. The molecule has 0 amide bonds. The Hall–Kier alpha value is -0.560. The Morgan fingerprint density at radius 3 is 3.00 bits per heavy atom. The highest BCUT2D eigenvalue weighted by Crippen LogP contribution is 2.20. The van der Waals surface area contributed by atoms with Crippen LogP contribution < -0.4 is 5.32 Å². The summed E-state index contributed by atoms with van der Waals surface area (Å²) in [6, 6.07) is 0.526. The Balaban J connectivity index is 2.33. The van der Waals surface area contributed by atoms with Gasteiger partial charge in [-0.3, -0.25) is 4.90 Å². The summed E-state index contributed by atoms with van der Waals surface area (Å²) in [6.07, 6.45) is 6.81. The molecule has 0 aromatic carbocycles. The molecular weight excluding hydrogens is 200 g/mol. The number of nitrogens with zero attached hydrogens (tertiary/aromatic N) is 1. The lowest BCUT2D eigenvalue weighted by atomic mass is 9.95. The van der Waals surface area contributed by atoms with E-state index in [4.69, 9.17) is 11.2 Å². The first-order valence-corrected chi connectivity index (χ1v) is 6.10. The van der Waals surface area contributed by atoms with Crippen molar-refractivity contribution in [2.24, 2.45) is 5.92 Å². The van der Waals surface area contributed by atoms with Crippen LogP contribution in [0.4, 0.5) is 0 Å². The standard InChI is InChI=1S/C13H24N2O/c1-5-7-14-9-12(3)15-8-6-11(2)13(10-15)16-4/h1,11-14H,6-10H2,2-4H3. The van der Waals surface area contributed by atoms with Gasteiger partial charge in [-0.05, 0) is 25.8 Å². The fourth-order valence-corrected chi connectivity index (χ4v) is 2.25. The second-order valence-corrected chi connectivity index (χ2v) is 4.72. The van der Waals surface area contributed by atoms with Crippen molar-refractivity contribution < 1.29 is 4.74 Å². The largest absolute Gasteiger partial charge is 0.380 e. The molecule has 0 radical (unpaired) electrons. The highest BCUT2D eigenvalue weighted by Gasteiger charge is 2.28. The molecule has 3 unspecified atom stereocenters. The molecular formula is C13H24N2O. The summed E-state index contributed by atoms with van der Waals surface area (Å²) in [4.78, 5) is 2.48. The zero-order valence-electron chi connectivity index (χ0n) is 10.7. The lowest BCUT2D eigenvalue weighted by molar-refractivity contribution is -0.0163. The molecule has 16 heavy (non-hydrogen) atoms. The van der Waals surface area contributed by atoms with Crippen molar-refractivity contribution in [2.45, 2.75) is 32.4 Å². The molecule has 1 heterocycles. The van der Waals surface area contributed by atoms with E-state index in [0.29, 0.717) is 24.6 Å². The Kier molecular flexibility index (Phi) is 5.83. The van der Waals surface area contributed by atoms with Gasteiger partial charge in [-0.2, -0.15) is 0 Å². The molecule has 1 aliphatic rings.